The fourth-order valence-electron chi connectivity index (χ4n) is 11.2. The molecule has 11 rings (SSSR count). The molecule has 2 aliphatic rings. The van der Waals surface area contributed by atoms with E-state index in [1.807, 2.05) is 78.9 Å². The highest BCUT2D eigenvalue weighted by Crippen LogP contribution is 2.64. The number of allylic oxidation sites excluding steroid dienone is 4. The second-order valence-electron chi connectivity index (χ2n) is 18.7. The lowest BCUT2D eigenvalue weighted by molar-refractivity contribution is 0.414. The Labute approximate surface area is 451 Å². The summed E-state index contributed by atoms with van der Waals surface area (Å²) in [6.07, 6.45) is 9.99. The van der Waals surface area contributed by atoms with E-state index < -0.39 is 5.41 Å². The van der Waals surface area contributed by atoms with Crippen LogP contribution in [-0.2, 0) is 5.41 Å². The summed E-state index contributed by atoms with van der Waals surface area (Å²) in [6, 6.07) is 69.7. The zero-order valence-electron chi connectivity index (χ0n) is 44.1. The van der Waals surface area contributed by atoms with Crippen molar-refractivity contribution >= 4 is 56.8 Å². The molecule has 0 atom stereocenters. The molecule has 0 heterocycles. The number of nitrogens with zero attached hydrogens (tertiary/aromatic N) is 3. The number of hydrogen-bond donors (Lipinski definition) is 0. The van der Waals surface area contributed by atoms with Gasteiger partial charge in [-0.2, -0.15) is 0 Å². The van der Waals surface area contributed by atoms with Gasteiger partial charge in [0.15, 0.2) is 0 Å². The summed E-state index contributed by atoms with van der Waals surface area (Å²) in [4.78, 5) is 6.86. The molecule has 0 saturated carbocycles. The van der Waals surface area contributed by atoms with Gasteiger partial charge < -0.3 is 43.1 Å². The molecular formula is C68H57N3O6. The van der Waals surface area contributed by atoms with Crippen molar-refractivity contribution in [3.63, 3.8) is 0 Å². The van der Waals surface area contributed by atoms with Crippen molar-refractivity contribution in [2.45, 2.75) is 12.3 Å². The Morgan fingerprint density at radius 1 is 0.338 bits per heavy atom. The van der Waals surface area contributed by atoms with E-state index >= 15 is 0 Å². The van der Waals surface area contributed by atoms with Crippen LogP contribution in [0.4, 0.5) is 51.2 Å². The Morgan fingerprint density at radius 2 is 0.571 bits per heavy atom. The highest BCUT2D eigenvalue weighted by Gasteiger charge is 2.52. The van der Waals surface area contributed by atoms with Gasteiger partial charge in [0.05, 0.1) is 48.1 Å². The largest absolute Gasteiger partial charge is 0.497 e. The van der Waals surface area contributed by atoms with Gasteiger partial charge in [-0.25, -0.2) is 0 Å². The van der Waals surface area contributed by atoms with E-state index in [1.165, 1.54) is 0 Å². The van der Waals surface area contributed by atoms with Crippen molar-refractivity contribution in [2.75, 3.05) is 57.4 Å². The average molecular weight is 1010 g/mol. The fraction of sp³-hybridized carbons (Fsp3) is 0.118. The predicted molar refractivity (Wildman–Crippen MR) is 312 cm³/mol. The molecule has 1 spiro atoms. The van der Waals surface area contributed by atoms with Crippen LogP contribution in [0, 0.1) is 12.3 Å². The number of benzene rings is 9. The Hall–Kier alpha value is -9.78. The van der Waals surface area contributed by atoms with E-state index in [0.717, 1.165) is 130 Å². The summed E-state index contributed by atoms with van der Waals surface area (Å²) in [7, 11) is 10.1. The van der Waals surface area contributed by atoms with Gasteiger partial charge in [-0.3, -0.25) is 0 Å². The van der Waals surface area contributed by atoms with E-state index in [-0.39, 0.29) is 0 Å². The number of fused-ring (bicyclic) bond motifs is 7. The molecule has 0 amide bonds. The number of terminal acetylenes is 1. The van der Waals surface area contributed by atoms with Gasteiger partial charge in [0.2, 0.25) is 0 Å². The first-order valence-corrected chi connectivity index (χ1v) is 25.3. The topological polar surface area (TPSA) is 65.1 Å². The van der Waals surface area contributed by atoms with Crippen molar-refractivity contribution in [3.8, 4) is 58.0 Å². The van der Waals surface area contributed by atoms with Gasteiger partial charge in [0, 0.05) is 51.2 Å². The van der Waals surface area contributed by atoms with Crippen LogP contribution in [0.3, 0.4) is 0 Å². The minimum Gasteiger partial charge on any atom is -0.497 e. The van der Waals surface area contributed by atoms with Gasteiger partial charge in [0.25, 0.3) is 0 Å². The molecule has 0 bridgehead atoms. The zero-order chi connectivity index (χ0) is 53.2. The van der Waals surface area contributed by atoms with Gasteiger partial charge in [-0.1, -0.05) is 24.1 Å². The second kappa shape index (κ2) is 20.9. The van der Waals surface area contributed by atoms with Crippen LogP contribution < -0.4 is 43.1 Å². The third-order valence-corrected chi connectivity index (χ3v) is 14.9. The second-order valence-corrected chi connectivity index (χ2v) is 18.7. The summed E-state index contributed by atoms with van der Waals surface area (Å²) in [5, 5.41) is 0. The van der Waals surface area contributed by atoms with Crippen LogP contribution in [0.25, 0.3) is 16.7 Å². The molecule has 0 aliphatic heterocycles. The molecule has 0 fully saturated rings. The fourth-order valence-corrected chi connectivity index (χ4v) is 11.2. The molecule has 2 aliphatic carbocycles. The van der Waals surface area contributed by atoms with E-state index in [1.54, 1.807) is 42.7 Å². The Bertz CT molecular complexity index is 3420. The minimum atomic E-state index is -0.848. The minimum absolute atomic E-state index is 0.767. The summed E-state index contributed by atoms with van der Waals surface area (Å²) in [5.41, 5.74) is 16.8. The lowest BCUT2D eigenvalue weighted by atomic mass is 9.69. The first-order chi connectivity index (χ1) is 37.7. The van der Waals surface area contributed by atoms with Crippen LogP contribution in [-0.4, -0.2) is 42.7 Å². The normalized spacial score (nSPS) is 12.6. The maximum absolute atomic E-state index is 6.08. The molecule has 0 unspecified atom stereocenters. The SMILES string of the molecule is C#C/C=C\C1=C(C)C2(c3cc(N(c4ccc(OC)cc4)c4ccc(OC)cc4)ccc31)c1cc(N(c3ccc(OC)cc3)c3ccc(OC)cc3)ccc1-c1ccc(N(c3ccc(OC)cc3)c3ccc(OC)cc3)cc12. The molecular weight excluding hydrogens is 955 g/mol. The first kappa shape index (κ1) is 49.4. The van der Waals surface area contributed by atoms with Crippen LogP contribution in [0.15, 0.2) is 218 Å². The molecule has 380 valence electrons. The van der Waals surface area contributed by atoms with Crippen molar-refractivity contribution in [1.82, 2.24) is 0 Å². The zero-order valence-corrected chi connectivity index (χ0v) is 44.1. The summed E-state index contributed by atoms with van der Waals surface area (Å²) in [6.45, 7) is 2.27. The highest BCUT2D eigenvalue weighted by molar-refractivity contribution is 5.99. The van der Waals surface area contributed by atoms with Gasteiger partial charge in [0.1, 0.15) is 34.5 Å². The molecule has 77 heavy (non-hydrogen) atoms. The quantitative estimate of drug-likeness (QED) is 0.0881. The number of anilines is 9. The van der Waals surface area contributed by atoms with Crippen molar-refractivity contribution in [1.29, 1.82) is 0 Å². The maximum Gasteiger partial charge on any atom is 0.119 e. The molecule has 9 nitrogen and oxygen atoms in total. The standard InChI is InChI=1S/C68H57N3O6/c1-9-10-11-61-45(2)68(65-42-52(24-39-62(61)65)69(46-12-27-55(72-3)28-13-46)47-14-29-56(73-4)30-15-47)66-43-53(70(48-16-31-57(74-5)32-17-48)49-18-33-58(75-6)34-19-49)25-40-63(66)64-41-26-54(44-67(64)68)71(50-20-35-59(76-7)36-21-50)51-22-37-60(77-8)38-23-51/h1,10-44H,2-8H3/b11-10-. The smallest absolute Gasteiger partial charge is 0.119 e. The molecule has 0 N–H and O–H groups in total. The van der Waals surface area contributed by atoms with Gasteiger partial charge >= 0.3 is 0 Å². The van der Waals surface area contributed by atoms with Crippen LogP contribution in [0.1, 0.15) is 29.2 Å². The van der Waals surface area contributed by atoms with Gasteiger partial charge in [-0.15, -0.1) is 6.42 Å². The van der Waals surface area contributed by atoms with E-state index in [9.17, 15) is 0 Å². The lowest BCUT2D eigenvalue weighted by Gasteiger charge is -2.35. The van der Waals surface area contributed by atoms with E-state index in [0.29, 0.717) is 0 Å². The highest BCUT2D eigenvalue weighted by atomic mass is 16.5. The number of ether oxygens (including phenoxy) is 6. The monoisotopic (exact) mass is 1010 g/mol. The molecule has 0 radical (unpaired) electrons. The molecule has 9 aromatic rings. The number of hydrogen-bond acceptors (Lipinski definition) is 9. The van der Waals surface area contributed by atoms with Crippen molar-refractivity contribution in [3.05, 3.63) is 240 Å². The number of methoxy groups -OCH3 is 6. The molecule has 0 saturated heterocycles. The van der Waals surface area contributed by atoms with Crippen molar-refractivity contribution < 1.29 is 28.4 Å². The first-order valence-electron chi connectivity index (χ1n) is 25.3. The summed E-state index contributed by atoms with van der Waals surface area (Å²) in [5.74, 6) is 7.43. The Morgan fingerprint density at radius 3 is 0.818 bits per heavy atom. The Kier molecular flexibility index (Phi) is 13.4. The number of rotatable bonds is 16. The van der Waals surface area contributed by atoms with Crippen LogP contribution in [0.2, 0.25) is 0 Å². The van der Waals surface area contributed by atoms with Gasteiger partial charge in [-0.05, 0) is 246 Å². The van der Waals surface area contributed by atoms with Crippen LogP contribution >= 0.6 is 0 Å². The molecule has 9 heteroatoms. The van der Waals surface area contributed by atoms with E-state index in [2.05, 4.69) is 161 Å². The average Bonchev–Trinajstić information content (AvgIpc) is 4.09. The third-order valence-electron chi connectivity index (χ3n) is 14.9. The summed E-state index contributed by atoms with van der Waals surface area (Å²) >= 11 is 0. The van der Waals surface area contributed by atoms with Crippen molar-refractivity contribution in [2.24, 2.45) is 0 Å². The lowest BCUT2D eigenvalue weighted by Crippen LogP contribution is -2.27. The predicted octanol–water partition coefficient (Wildman–Crippen LogP) is 16.4. The third kappa shape index (κ3) is 8.70. The van der Waals surface area contributed by atoms with Crippen LogP contribution in [0.5, 0.6) is 34.5 Å². The van der Waals surface area contributed by atoms with E-state index in [4.69, 9.17) is 34.8 Å². The Balaban J connectivity index is 1.21. The molecule has 9 aromatic carbocycles. The maximum atomic E-state index is 6.08. The summed E-state index contributed by atoms with van der Waals surface area (Å²) < 4.78 is 33.9. The molecule has 0 aromatic heterocycles.